The number of aryl methyl sites for hydroxylation is 1. The summed E-state index contributed by atoms with van der Waals surface area (Å²) in [4.78, 5) is 29.0. The fraction of sp³-hybridized carbons (Fsp3) is 0.391. The van der Waals surface area contributed by atoms with Gasteiger partial charge in [-0.1, -0.05) is 18.2 Å². The molecule has 1 aliphatic rings. The molecule has 0 aliphatic carbocycles. The summed E-state index contributed by atoms with van der Waals surface area (Å²) in [5.74, 6) is 0.629. The maximum absolute atomic E-state index is 14.7. The Morgan fingerprint density at radius 1 is 1.18 bits per heavy atom. The summed E-state index contributed by atoms with van der Waals surface area (Å²) in [6.45, 7) is 5.69. The van der Waals surface area contributed by atoms with Crippen molar-refractivity contribution in [3.63, 3.8) is 0 Å². The molecular formula is C23H26F3N7O. The third-order valence-electron chi connectivity index (χ3n) is 5.92. The van der Waals surface area contributed by atoms with Gasteiger partial charge in [0.2, 0.25) is 5.91 Å². The molecule has 3 N–H and O–H groups in total. The van der Waals surface area contributed by atoms with Crippen LogP contribution in [0.4, 0.5) is 24.8 Å². The van der Waals surface area contributed by atoms with Crippen molar-refractivity contribution in [3.05, 3.63) is 53.2 Å². The smallest absolute Gasteiger partial charge is 0.266 e. The third-order valence-corrected chi connectivity index (χ3v) is 5.92. The molecule has 3 aromatic rings. The van der Waals surface area contributed by atoms with Crippen LogP contribution in [0, 0.1) is 12.7 Å². The van der Waals surface area contributed by atoms with E-state index in [9.17, 15) is 18.0 Å². The van der Waals surface area contributed by atoms with Crippen molar-refractivity contribution < 1.29 is 18.0 Å². The summed E-state index contributed by atoms with van der Waals surface area (Å²) in [6.07, 6.45) is -1.26. The molecule has 0 bridgehead atoms. The number of aromatic nitrogens is 3. The molecule has 1 saturated heterocycles. The van der Waals surface area contributed by atoms with Crippen LogP contribution in [0.25, 0.3) is 10.9 Å². The first-order chi connectivity index (χ1) is 16.3. The number of hydrogen-bond donors (Lipinski definition) is 2. The molecule has 8 nitrogen and oxygen atoms in total. The molecule has 1 fully saturated rings. The molecule has 0 saturated carbocycles. The molecule has 0 radical (unpaired) electrons. The van der Waals surface area contributed by atoms with Gasteiger partial charge < -0.3 is 20.9 Å². The average molecular weight is 474 g/mol. The first kappa shape index (κ1) is 23.7. The van der Waals surface area contributed by atoms with Gasteiger partial charge in [0.25, 0.3) is 6.43 Å². The standard InChI is InChI=1S/C23H26F3N7O/c1-13(15-4-3-5-16(21(15)24)22(25)26)29-23-17-10-19(28-12-18(17)30-14(2)31-23)32-6-8-33(9-7-32)20(34)11-27/h3-5,10,12-13,22H,6-9,11,27H2,1-2H3,(H,29,30,31)/t13-/m1/s1. The highest BCUT2D eigenvalue weighted by Gasteiger charge is 2.23. The molecule has 0 unspecified atom stereocenters. The number of alkyl halides is 2. The number of amides is 1. The van der Waals surface area contributed by atoms with Crippen LogP contribution in [0.3, 0.4) is 0 Å². The van der Waals surface area contributed by atoms with Crippen molar-refractivity contribution >= 4 is 28.4 Å². The summed E-state index contributed by atoms with van der Waals surface area (Å²) in [6, 6.07) is 5.19. The first-order valence-electron chi connectivity index (χ1n) is 11.0. The fourth-order valence-corrected chi connectivity index (χ4v) is 4.09. The fourth-order valence-electron chi connectivity index (χ4n) is 4.09. The van der Waals surface area contributed by atoms with Crippen LogP contribution in [0.5, 0.6) is 0 Å². The van der Waals surface area contributed by atoms with Crippen LogP contribution in [0.1, 0.15) is 36.3 Å². The number of piperazine rings is 1. The minimum absolute atomic E-state index is 0.0149. The number of carbonyl (C=O) groups excluding carboxylic acids is 1. The van der Waals surface area contributed by atoms with Crippen molar-refractivity contribution in [1.29, 1.82) is 0 Å². The average Bonchev–Trinajstić information content (AvgIpc) is 2.83. The van der Waals surface area contributed by atoms with Gasteiger partial charge in [-0.3, -0.25) is 4.79 Å². The van der Waals surface area contributed by atoms with Gasteiger partial charge in [-0.2, -0.15) is 0 Å². The predicted molar refractivity (Wildman–Crippen MR) is 123 cm³/mol. The molecule has 0 spiro atoms. The highest BCUT2D eigenvalue weighted by molar-refractivity contribution is 5.90. The van der Waals surface area contributed by atoms with Crippen molar-refractivity contribution in [3.8, 4) is 0 Å². The maximum atomic E-state index is 14.7. The Kier molecular flexibility index (Phi) is 6.82. The third kappa shape index (κ3) is 4.74. The van der Waals surface area contributed by atoms with Crippen molar-refractivity contribution in [2.45, 2.75) is 26.3 Å². The lowest BCUT2D eigenvalue weighted by atomic mass is 10.0. The Morgan fingerprint density at radius 3 is 2.56 bits per heavy atom. The highest BCUT2D eigenvalue weighted by atomic mass is 19.3. The Morgan fingerprint density at radius 2 is 1.88 bits per heavy atom. The van der Waals surface area contributed by atoms with E-state index in [0.717, 1.165) is 6.07 Å². The van der Waals surface area contributed by atoms with Crippen LogP contribution in [0.15, 0.2) is 30.5 Å². The second-order valence-electron chi connectivity index (χ2n) is 8.17. The molecule has 1 aromatic carbocycles. The topological polar surface area (TPSA) is 100 Å². The van der Waals surface area contributed by atoms with E-state index >= 15 is 0 Å². The molecule has 3 heterocycles. The van der Waals surface area contributed by atoms with Gasteiger partial charge in [-0.05, 0) is 19.9 Å². The van der Waals surface area contributed by atoms with E-state index in [-0.39, 0.29) is 18.0 Å². The predicted octanol–water partition coefficient (Wildman–Crippen LogP) is 3.19. The van der Waals surface area contributed by atoms with E-state index in [1.165, 1.54) is 12.1 Å². The number of benzene rings is 1. The number of pyridine rings is 1. The number of halogens is 3. The second-order valence-corrected chi connectivity index (χ2v) is 8.17. The number of nitrogens with one attached hydrogen (secondary N) is 1. The van der Waals surface area contributed by atoms with Crippen LogP contribution in [-0.2, 0) is 4.79 Å². The summed E-state index contributed by atoms with van der Waals surface area (Å²) in [7, 11) is 0. The van der Waals surface area contributed by atoms with Gasteiger partial charge in [0.1, 0.15) is 23.3 Å². The Balaban J connectivity index is 1.62. The highest BCUT2D eigenvalue weighted by Crippen LogP contribution is 2.31. The monoisotopic (exact) mass is 473 g/mol. The zero-order chi connectivity index (χ0) is 24.4. The summed E-state index contributed by atoms with van der Waals surface area (Å²) >= 11 is 0. The van der Waals surface area contributed by atoms with Gasteiger partial charge in [0.05, 0.1) is 29.9 Å². The first-order valence-corrected chi connectivity index (χ1v) is 11.0. The van der Waals surface area contributed by atoms with Crippen LogP contribution in [0.2, 0.25) is 0 Å². The van der Waals surface area contributed by atoms with E-state index in [4.69, 9.17) is 5.73 Å². The van der Waals surface area contributed by atoms with E-state index in [1.54, 1.807) is 24.9 Å². The van der Waals surface area contributed by atoms with Crippen LogP contribution >= 0.6 is 0 Å². The number of nitrogens with two attached hydrogens (primary N) is 1. The summed E-state index contributed by atoms with van der Waals surface area (Å²) in [5.41, 5.74) is 5.55. The zero-order valence-electron chi connectivity index (χ0n) is 18.9. The van der Waals surface area contributed by atoms with Crippen LogP contribution < -0.4 is 16.0 Å². The van der Waals surface area contributed by atoms with Gasteiger partial charge in [-0.25, -0.2) is 28.1 Å². The van der Waals surface area contributed by atoms with Crippen molar-refractivity contribution in [2.75, 3.05) is 42.9 Å². The van der Waals surface area contributed by atoms with Gasteiger partial charge in [-0.15, -0.1) is 0 Å². The molecule has 180 valence electrons. The molecule has 11 heteroatoms. The Bertz CT molecular complexity index is 1200. The normalized spacial score (nSPS) is 15.1. The number of nitrogens with zero attached hydrogens (tertiary/aromatic N) is 5. The zero-order valence-corrected chi connectivity index (χ0v) is 18.9. The van der Waals surface area contributed by atoms with Crippen molar-refractivity contribution in [2.24, 2.45) is 5.73 Å². The molecule has 34 heavy (non-hydrogen) atoms. The quantitative estimate of drug-likeness (QED) is 0.567. The Labute approximate surface area is 195 Å². The number of hydrogen-bond acceptors (Lipinski definition) is 7. The lowest BCUT2D eigenvalue weighted by Crippen LogP contribution is -2.50. The molecule has 1 aliphatic heterocycles. The maximum Gasteiger partial charge on any atom is 0.266 e. The largest absolute Gasteiger partial charge is 0.363 e. The molecular weight excluding hydrogens is 447 g/mol. The molecule has 2 aromatic heterocycles. The minimum atomic E-state index is -2.90. The van der Waals surface area contributed by atoms with Crippen LogP contribution in [-0.4, -0.2) is 58.5 Å². The van der Waals surface area contributed by atoms with E-state index < -0.39 is 23.8 Å². The Hall–Kier alpha value is -3.47. The van der Waals surface area contributed by atoms with E-state index in [1.807, 2.05) is 6.07 Å². The number of rotatable bonds is 6. The number of carbonyl (C=O) groups is 1. The summed E-state index contributed by atoms with van der Waals surface area (Å²) < 4.78 is 41.0. The lowest BCUT2D eigenvalue weighted by Gasteiger charge is -2.35. The van der Waals surface area contributed by atoms with Gasteiger partial charge >= 0.3 is 0 Å². The van der Waals surface area contributed by atoms with Crippen molar-refractivity contribution in [1.82, 2.24) is 19.9 Å². The lowest BCUT2D eigenvalue weighted by molar-refractivity contribution is -0.129. The summed E-state index contributed by atoms with van der Waals surface area (Å²) in [5, 5.41) is 3.83. The molecule has 1 atom stereocenters. The van der Waals surface area contributed by atoms with E-state index in [0.29, 0.717) is 54.5 Å². The number of fused-ring (bicyclic) bond motifs is 1. The molecule has 4 rings (SSSR count). The second kappa shape index (κ2) is 9.80. The molecule has 1 amide bonds. The minimum Gasteiger partial charge on any atom is -0.363 e. The van der Waals surface area contributed by atoms with E-state index in [2.05, 4.69) is 25.2 Å². The van der Waals surface area contributed by atoms with Gasteiger partial charge in [0, 0.05) is 37.1 Å². The number of anilines is 2. The SMILES string of the molecule is Cc1nc(N[C@H](C)c2cccc(C(F)F)c2F)c2cc(N3CCN(C(=O)CN)CC3)ncc2n1. The van der Waals surface area contributed by atoms with Gasteiger partial charge in [0.15, 0.2) is 0 Å².